The highest BCUT2D eigenvalue weighted by Gasteiger charge is 2.30. The molecule has 1 aliphatic heterocycles. The molecule has 124 valence electrons. The molecule has 0 unspecified atom stereocenters. The monoisotopic (exact) mass is 354 g/mol. The highest BCUT2D eigenvalue weighted by atomic mass is 32.2. The molecule has 2 aromatic rings. The Balaban J connectivity index is 1.65. The summed E-state index contributed by atoms with van der Waals surface area (Å²) in [5, 5.41) is 1.78. The molecule has 0 saturated carbocycles. The SMILES string of the molecule is C[C@@H](c1ccc(F)cc1)N1CCN(S(=O)(=O)c2cccs2)CC1. The van der Waals surface area contributed by atoms with E-state index in [0.717, 1.165) is 5.56 Å². The molecular weight excluding hydrogens is 335 g/mol. The second-order valence-corrected chi connectivity index (χ2v) is 8.71. The summed E-state index contributed by atoms with van der Waals surface area (Å²) < 4.78 is 40.0. The maximum atomic E-state index is 13.0. The quantitative estimate of drug-likeness (QED) is 0.848. The van der Waals surface area contributed by atoms with Crippen LogP contribution in [-0.4, -0.2) is 43.8 Å². The van der Waals surface area contributed by atoms with Crippen LogP contribution in [0.5, 0.6) is 0 Å². The number of hydrogen-bond donors (Lipinski definition) is 0. The highest BCUT2D eigenvalue weighted by molar-refractivity contribution is 7.91. The van der Waals surface area contributed by atoms with Crippen molar-refractivity contribution in [1.29, 1.82) is 0 Å². The van der Waals surface area contributed by atoms with Gasteiger partial charge in [0.25, 0.3) is 10.0 Å². The van der Waals surface area contributed by atoms with Crippen molar-refractivity contribution in [2.75, 3.05) is 26.2 Å². The summed E-state index contributed by atoms with van der Waals surface area (Å²) in [5.41, 5.74) is 1.04. The predicted octanol–water partition coefficient (Wildman–Crippen LogP) is 2.95. The minimum Gasteiger partial charge on any atom is -0.294 e. The number of piperazine rings is 1. The third-order valence-electron chi connectivity index (χ3n) is 4.26. The van der Waals surface area contributed by atoms with E-state index in [1.54, 1.807) is 34.0 Å². The van der Waals surface area contributed by atoms with Crippen molar-refractivity contribution in [3.05, 3.63) is 53.2 Å². The molecule has 1 saturated heterocycles. The van der Waals surface area contributed by atoms with Gasteiger partial charge < -0.3 is 0 Å². The summed E-state index contributed by atoms with van der Waals surface area (Å²) in [6.07, 6.45) is 0. The average molecular weight is 354 g/mol. The summed E-state index contributed by atoms with van der Waals surface area (Å²) in [6, 6.07) is 10.0. The van der Waals surface area contributed by atoms with Crippen LogP contribution in [0.1, 0.15) is 18.5 Å². The molecule has 4 nitrogen and oxygen atoms in total. The van der Waals surface area contributed by atoms with Gasteiger partial charge in [-0.25, -0.2) is 12.8 Å². The van der Waals surface area contributed by atoms with Crippen molar-refractivity contribution in [2.45, 2.75) is 17.2 Å². The van der Waals surface area contributed by atoms with Gasteiger partial charge >= 0.3 is 0 Å². The van der Waals surface area contributed by atoms with Crippen LogP contribution in [0.25, 0.3) is 0 Å². The fourth-order valence-electron chi connectivity index (χ4n) is 2.82. The second kappa shape index (κ2) is 6.68. The maximum Gasteiger partial charge on any atom is 0.252 e. The van der Waals surface area contributed by atoms with Crippen molar-refractivity contribution in [3.8, 4) is 0 Å². The van der Waals surface area contributed by atoms with Gasteiger partial charge in [-0.3, -0.25) is 4.90 Å². The Morgan fingerprint density at radius 3 is 2.30 bits per heavy atom. The Morgan fingerprint density at radius 2 is 1.74 bits per heavy atom. The minimum absolute atomic E-state index is 0.141. The smallest absolute Gasteiger partial charge is 0.252 e. The Labute approximate surface area is 140 Å². The van der Waals surface area contributed by atoms with Gasteiger partial charge in [-0.15, -0.1) is 11.3 Å². The zero-order chi connectivity index (χ0) is 16.4. The maximum absolute atomic E-state index is 13.0. The zero-order valence-electron chi connectivity index (χ0n) is 12.9. The van der Waals surface area contributed by atoms with E-state index in [1.807, 2.05) is 0 Å². The lowest BCUT2D eigenvalue weighted by Crippen LogP contribution is -2.49. The molecule has 1 aliphatic rings. The van der Waals surface area contributed by atoms with Gasteiger partial charge in [0.15, 0.2) is 0 Å². The topological polar surface area (TPSA) is 40.6 Å². The van der Waals surface area contributed by atoms with E-state index < -0.39 is 10.0 Å². The van der Waals surface area contributed by atoms with Crippen LogP contribution >= 0.6 is 11.3 Å². The van der Waals surface area contributed by atoms with Crippen molar-refractivity contribution in [1.82, 2.24) is 9.21 Å². The molecule has 0 aliphatic carbocycles. The fraction of sp³-hybridized carbons (Fsp3) is 0.375. The summed E-state index contributed by atoms with van der Waals surface area (Å²) in [5.74, 6) is -0.243. The number of hydrogen-bond acceptors (Lipinski definition) is 4. The van der Waals surface area contributed by atoms with E-state index in [4.69, 9.17) is 0 Å². The minimum atomic E-state index is -3.36. The highest BCUT2D eigenvalue weighted by Crippen LogP contribution is 2.25. The van der Waals surface area contributed by atoms with Crippen LogP contribution in [0.3, 0.4) is 0 Å². The molecular formula is C16H19FN2O2S2. The van der Waals surface area contributed by atoms with Crippen LogP contribution in [0, 0.1) is 5.82 Å². The van der Waals surface area contributed by atoms with Gasteiger partial charge in [-0.2, -0.15) is 4.31 Å². The lowest BCUT2D eigenvalue weighted by atomic mass is 10.1. The van der Waals surface area contributed by atoms with Crippen LogP contribution in [0.2, 0.25) is 0 Å². The first-order valence-corrected chi connectivity index (χ1v) is 9.83. The molecule has 2 heterocycles. The van der Waals surface area contributed by atoms with E-state index in [0.29, 0.717) is 30.4 Å². The summed E-state index contributed by atoms with van der Waals surface area (Å²) in [4.78, 5) is 2.23. The van der Waals surface area contributed by atoms with Crippen LogP contribution < -0.4 is 0 Å². The second-order valence-electron chi connectivity index (χ2n) is 5.60. The van der Waals surface area contributed by atoms with Crippen molar-refractivity contribution < 1.29 is 12.8 Å². The molecule has 0 spiro atoms. The molecule has 1 atom stereocenters. The van der Waals surface area contributed by atoms with E-state index in [9.17, 15) is 12.8 Å². The van der Waals surface area contributed by atoms with Gasteiger partial charge in [0, 0.05) is 32.2 Å². The van der Waals surface area contributed by atoms with Gasteiger partial charge in [0.2, 0.25) is 0 Å². The molecule has 3 rings (SSSR count). The molecule has 23 heavy (non-hydrogen) atoms. The molecule has 0 amide bonds. The molecule has 0 bridgehead atoms. The van der Waals surface area contributed by atoms with Gasteiger partial charge in [0.05, 0.1) is 0 Å². The Bertz CT molecular complexity index is 737. The van der Waals surface area contributed by atoms with E-state index in [2.05, 4.69) is 11.8 Å². The number of rotatable bonds is 4. The molecule has 7 heteroatoms. The number of sulfonamides is 1. The average Bonchev–Trinajstić information content (AvgIpc) is 3.10. The summed E-state index contributed by atoms with van der Waals surface area (Å²) >= 11 is 1.25. The lowest BCUT2D eigenvalue weighted by molar-refractivity contribution is 0.146. The summed E-state index contributed by atoms with van der Waals surface area (Å²) in [6.45, 7) is 4.36. The Kier molecular flexibility index (Phi) is 4.82. The number of thiophene rings is 1. The van der Waals surface area contributed by atoms with E-state index >= 15 is 0 Å². The normalized spacial score (nSPS) is 18.9. The van der Waals surface area contributed by atoms with Crippen molar-refractivity contribution in [3.63, 3.8) is 0 Å². The van der Waals surface area contributed by atoms with Crippen LogP contribution in [0.15, 0.2) is 46.0 Å². The number of benzene rings is 1. The van der Waals surface area contributed by atoms with Gasteiger partial charge in [-0.05, 0) is 36.1 Å². The zero-order valence-corrected chi connectivity index (χ0v) is 14.5. The van der Waals surface area contributed by atoms with Crippen LogP contribution in [0.4, 0.5) is 4.39 Å². The van der Waals surface area contributed by atoms with E-state index in [-0.39, 0.29) is 11.9 Å². The lowest BCUT2D eigenvalue weighted by Gasteiger charge is -2.37. The first-order chi connectivity index (χ1) is 11.0. The molecule has 1 fully saturated rings. The fourth-order valence-corrected chi connectivity index (χ4v) is 5.39. The predicted molar refractivity (Wildman–Crippen MR) is 89.5 cm³/mol. The molecule has 0 radical (unpaired) electrons. The Morgan fingerprint density at radius 1 is 1.09 bits per heavy atom. The molecule has 0 N–H and O–H groups in total. The van der Waals surface area contributed by atoms with Gasteiger partial charge in [0.1, 0.15) is 10.0 Å². The van der Waals surface area contributed by atoms with Crippen molar-refractivity contribution >= 4 is 21.4 Å². The summed E-state index contributed by atoms with van der Waals surface area (Å²) in [7, 11) is -3.36. The largest absolute Gasteiger partial charge is 0.294 e. The molecule has 1 aromatic heterocycles. The first kappa shape index (κ1) is 16.6. The van der Waals surface area contributed by atoms with Crippen molar-refractivity contribution in [2.24, 2.45) is 0 Å². The third kappa shape index (κ3) is 3.47. The Hall–Kier alpha value is -1.28. The van der Waals surface area contributed by atoms with E-state index in [1.165, 1.54) is 23.5 Å². The first-order valence-electron chi connectivity index (χ1n) is 7.51. The number of nitrogens with zero attached hydrogens (tertiary/aromatic N) is 2. The standard InChI is InChI=1S/C16H19FN2O2S2/c1-13(14-4-6-15(17)7-5-14)18-8-10-19(11-9-18)23(20,21)16-3-2-12-22-16/h2-7,12-13H,8-11H2,1H3/t13-/m0/s1. The van der Waals surface area contributed by atoms with Crippen LogP contribution in [-0.2, 0) is 10.0 Å². The van der Waals surface area contributed by atoms with Gasteiger partial charge in [-0.1, -0.05) is 18.2 Å². The third-order valence-corrected chi connectivity index (χ3v) is 7.53. The number of halogens is 1. The molecule has 1 aromatic carbocycles.